The molecule has 2 aromatic rings. The second kappa shape index (κ2) is 6.46. The Kier molecular flexibility index (Phi) is 4.29. The highest BCUT2D eigenvalue weighted by atomic mass is 32.1. The van der Waals surface area contributed by atoms with Crippen LogP contribution in [0.5, 0.6) is 0 Å². The SMILES string of the molecule is Cc1cc2c(cc1NC(=O)N1CCC(C3CCOC3)C1)sc(=O)n2C. The monoisotopic (exact) mass is 361 g/mol. The summed E-state index contributed by atoms with van der Waals surface area (Å²) >= 11 is 1.21. The summed E-state index contributed by atoms with van der Waals surface area (Å²) in [4.78, 5) is 26.4. The molecule has 2 fully saturated rings. The van der Waals surface area contributed by atoms with Crippen LogP contribution in [0.1, 0.15) is 18.4 Å². The van der Waals surface area contributed by atoms with Crippen molar-refractivity contribution in [3.63, 3.8) is 0 Å². The fourth-order valence-corrected chi connectivity index (χ4v) is 4.79. The molecule has 25 heavy (non-hydrogen) atoms. The van der Waals surface area contributed by atoms with Crippen molar-refractivity contribution >= 4 is 33.3 Å². The second-order valence-corrected chi connectivity index (χ2v) is 8.10. The third-order valence-electron chi connectivity index (χ3n) is 5.52. The minimum absolute atomic E-state index is 0.0130. The van der Waals surface area contributed by atoms with Gasteiger partial charge in [-0.15, -0.1) is 0 Å². The first-order valence-corrected chi connectivity index (χ1v) is 9.58. The predicted molar refractivity (Wildman–Crippen MR) is 99.4 cm³/mol. The normalized spacial score (nSPS) is 23.5. The third kappa shape index (κ3) is 3.06. The van der Waals surface area contributed by atoms with E-state index < -0.39 is 0 Å². The van der Waals surface area contributed by atoms with Gasteiger partial charge >= 0.3 is 10.9 Å². The number of ether oxygens (including phenoxy) is 1. The Hall–Kier alpha value is -1.86. The van der Waals surface area contributed by atoms with E-state index in [9.17, 15) is 9.59 Å². The standard InChI is InChI=1S/C18H23N3O3S/c1-11-7-15-16(25-18(23)20(15)2)8-14(11)19-17(22)21-5-3-12(9-21)13-4-6-24-10-13/h7-8,12-13H,3-6,9-10H2,1-2H3,(H,19,22). The molecule has 0 spiro atoms. The molecule has 1 N–H and O–H groups in total. The van der Waals surface area contributed by atoms with Crippen molar-refractivity contribution in [1.29, 1.82) is 0 Å². The van der Waals surface area contributed by atoms with Gasteiger partial charge in [0.1, 0.15) is 0 Å². The fraction of sp³-hybridized carbons (Fsp3) is 0.556. The Morgan fingerprint density at radius 2 is 2.16 bits per heavy atom. The number of fused-ring (bicyclic) bond motifs is 1. The number of carbonyl (C=O) groups is 1. The first-order valence-electron chi connectivity index (χ1n) is 8.77. The number of aryl methyl sites for hydroxylation is 2. The Labute approximate surface area is 150 Å². The molecule has 0 radical (unpaired) electrons. The number of hydrogen-bond acceptors (Lipinski definition) is 4. The van der Waals surface area contributed by atoms with E-state index in [1.807, 2.05) is 24.0 Å². The van der Waals surface area contributed by atoms with Gasteiger partial charge in [0.05, 0.1) is 10.2 Å². The Bertz CT molecular complexity index is 866. The first kappa shape index (κ1) is 16.6. The molecule has 1 aromatic heterocycles. The third-order valence-corrected chi connectivity index (χ3v) is 6.52. The van der Waals surface area contributed by atoms with Crippen molar-refractivity contribution in [2.75, 3.05) is 31.6 Å². The smallest absolute Gasteiger partial charge is 0.321 e. The Morgan fingerprint density at radius 1 is 1.32 bits per heavy atom. The molecule has 134 valence electrons. The van der Waals surface area contributed by atoms with Crippen LogP contribution in [-0.4, -0.2) is 41.8 Å². The zero-order valence-corrected chi connectivity index (χ0v) is 15.4. The molecule has 4 rings (SSSR count). The molecular weight excluding hydrogens is 338 g/mol. The summed E-state index contributed by atoms with van der Waals surface area (Å²) in [5, 5.41) is 3.04. The lowest BCUT2D eigenvalue weighted by Crippen LogP contribution is -2.34. The molecule has 0 saturated carbocycles. The quantitative estimate of drug-likeness (QED) is 0.895. The zero-order valence-electron chi connectivity index (χ0n) is 14.6. The molecule has 2 saturated heterocycles. The number of likely N-dealkylation sites (tertiary alicyclic amines) is 1. The molecule has 0 bridgehead atoms. The number of nitrogens with zero attached hydrogens (tertiary/aromatic N) is 2. The Morgan fingerprint density at radius 3 is 2.92 bits per heavy atom. The van der Waals surface area contributed by atoms with E-state index in [4.69, 9.17) is 4.74 Å². The summed E-state index contributed by atoms with van der Waals surface area (Å²) in [5.41, 5.74) is 2.66. The number of hydrogen-bond donors (Lipinski definition) is 1. The van der Waals surface area contributed by atoms with Crippen LogP contribution in [0.2, 0.25) is 0 Å². The van der Waals surface area contributed by atoms with Crippen LogP contribution in [0.25, 0.3) is 10.2 Å². The summed E-state index contributed by atoms with van der Waals surface area (Å²) < 4.78 is 8.03. The van der Waals surface area contributed by atoms with Crippen LogP contribution in [-0.2, 0) is 11.8 Å². The van der Waals surface area contributed by atoms with E-state index in [1.54, 1.807) is 11.6 Å². The predicted octanol–water partition coefficient (Wildman–Crippen LogP) is 2.80. The van der Waals surface area contributed by atoms with Gasteiger partial charge in [0.15, 0.2) is 0 Å². The average molecular weight is 361 g/mol. The lowest BCUT2D eigenvalue weighted by molar-refractivity contribution is 0.171. The summed E-state index contributed by atoms with van der Waals surface area (Å²) in [6, 6.07) is 3.82. The van der Waals surface area contributed by atoms with Gasteiger partial charge in [-0.3, -0.25) is 4.79 Å². The summed E-state index contributed by atoms with van der Waals surface area (Å²) in [7, 11) is 1.77. The number of anilines is 1. The van der Waals surface area contributed by atoms with Crippen molar-refractivity contribution in [2.45, 2.75) is 19.8 Å². The lowest BCUT2D eigenvalue weighted by Gasteiger charge is -2.20. The van der Waals surface area contributed by atoms with Crippen LogP contribution in [0.3, 0.4) is 0 Å². The minimum atomic E-state index is -0.0489. The number of thiazole rings is 1. The highest BCUT2D eigenvalue weighted by Crippen LogP contribution is 2.31. The molecule has 0 aliphatic carbocycles. The highest BCUT2D eigenvalue weighted by molar-refractivity contribution is 7.16. The molecule has 1 aromatic carbocycles. The number of carbonyl (C=O) groups excluding carboxylic acids is 1. The van der Waals surface area contributed by atoms with E-state index in [2.05, 4.69) is 5.32 Å². The molecule has 6 nitrogen and oxygen atoms in total. The van der Waals surface area contributed by atoms with Crippen molar-refractivity contribution in [1.82, 2.24) is 9.47 Å². The number of amides is 2. The van der Waals surface area contributed by atoms with Gasteiger partial charge in [0.2, 0.25) is 0 Å². The van der Waals surface area contributed by atoms with Crippen LogP contribution in [0, 0.1) is 18.8 Å². The summed E-state index contributed by atoms with van der Waals surface area (Å²) in [6.07, 6.45) is 2.17. The van der Waals surface area contributed by atoms with Gasteiger partial charge in [-0.05, 0) is 49.3 Å². The number of urea groups is 1. The van der Waals surface area contributed by atoms with Gasteiger partial charge < -0.3 is 19.5 Å². The number of benzene rings is 1. The van der Waals surface area contributed by atoms with Crippen molar-refractivity contribution in [3.8, 4) is 0 Å². The molecule has 7 heteroatoms. The van der Waals surface area contributed by atoms with Crippen molar-refractivity contribution < 1.29 is 9.53 Å². The Balaban J connectivity index is 1.48. The number of rotatable bonds is 2. The van der Waals surface area contributed by atoms with Crippen LogP contribution < -0.4 is 10.2 Å². The molecule has 2 unspecified atom stereocenters. The lowest BCUT2D eigenvalue weighted by atomic mass is 9.91. The maximum Gasteiger partial charge on any atom is 0.321 e. The first-order chi connectivity index (χ1) is 12.0. The van der Waals surface area contributed by atoms with Gasteiger partial charge in [0, 0.05) is 39.0 Å². The summed E-state index contributed by atoms with van der Waals surface area (Å²) in [6.45, 7) is 5.25. The van der Waals surface area contributed by atoms with Crippen LogP contribution in [0.4, 0.5) is 10.5 Å². The molecule has 2 amide bonds. The van der Waals surface area contributed by atoms with Gasteiger partial charge in [-0.1, -0.05) is 11.3 Å². The van der Waals surface area contributed by atoms with Crippen molar-refractivity contribution in [2.24, 2.45) is 18.9 Å². The molecule has 2 aliphatic rings. The average Bonchev–Trinajstić information content (AvgIpc) is 3.31. The molecule has 2 atom stereocenters. The van der Waals surface area contributed by atoms with Crippen LogP contribution >= 0.6 is 11.3 Å². The van der Waals surface area contributed by atoms with E-state index in [-0.39, 0.29) is 10.9 Å². The van der Waals surface area contributed by atoms with E-state index in [0.717, 1.165) is 60.6 Å². The van der Waals surface area contributed by atoms with Crippen molar-refractivity contribution in [3.05, 3.63) is 27.4 Å². The van der Waals surface area contributed by atoms with Gasteiger partial charge in [-0.25, -0.2) is 4.79 Å². The topological polar surface area (TPSA) is 63.6 Å². The van der Waals surface area contributed by atoms with Crippen LogP contribution in [0.15, 0.2) is 16.9 Å². The van der Waals surface area contributed by atoms with Gasteiger partial charge in [-0.2, -0.15) is 0 Å². The fourth-order valence-electron chi connectivity index (χ4n) is 3.89. The van der Waals surface area contributed by atoms with Gasteiger partial charge in [0.25, 0.3) is 0 Å². The molecule has 2 aliphatic heterocycles. The van der Waals surface area contributed by atoms with E-state index >= 15 is 0 Å². The number of aromatic nitrogens is 1. The zero-order chi connectivity index (χ0) is 17.6. The second-order valence-electron chi connectivity index (χ2n) is 7.11. The number of nitrogens with one attached hydrogen (secondary N) is 1. The van der Waals surface area contributed by atoms with E-state index in [1.165, 1.54) is 11.3 Å². The maximum absolute atomic E-state index is 12.7. The minimum Gasteiger partial charge on any atom is -0.381 e. The largest absolute Gasteiger partial charge is 0.381 e. The summed E-state index contributed by atoms with van der Waals surface area (Å²) in [5.74, 6) is 1.15. The maximum atomic E-state index is 12.7. The molecule has 3 heterocycles. The highest BCUT2D eigenvalue weighted by Gasteiger charge is 2.33. The molecular formula is C18H23N3O3S. The van der Waals surface area contributed by atoms with E-state index in [0.29, 0.717) is 11.8 Å².